The minimum atomic E-state index is -0.310. The lowest BCUT2D eigenvalue weighted by Gasteiger charge is -2.12. The van der Waals surface area contributed by atoms with Crippen LogP contribution < -0.4 is 15.4 Å². The first kappa shape index (κ1) is 19.5. The number of methoxy groups -OCH3 is 1. The number of carbonyl (C=O) groups excluding carboxylic acids is 2. The minimum absolute atomic E-state index is 0.0746. The van der Waals surface area contributed by atoms with Crippen LogP contribution >= 0.6 is 11.3 Å². The Labute approximate surface area is 165 Å². The summed E-state index contributed by atoms with van der Waals surface area (Å²) in [5, 5.41) is 7.95. The lowest BCUT2D eigenvalue weighted by molar-refractivity contribution is -0.116. The summed E-state index contributed by atoms with van der Waals surface area (Å²) in [4.78, 5) is 28.1. The molecule has 0 radical (unpaired) electrons. The Bertz CT molecular complexity index is 1000. The number of thiazole rings is 1. The summed E-state index contributed by atoms with van der Waals surface area (Å²) in [6.07, 6.45) is 0.0746. The van der Waals surface area contributed by atoms with E-state index < -0.39 is 0 Å². The fourth-order valence-electron chi connectivity index (χ4n) is 2.56. The first-order valence-electron chi connectivity index (χ1n) is 8.40. The molecule has 28 heavy (non-hydrogen) atoms. The highest BCUT2D eigenvalue weighted by atomic mass is 32.1. The molecule has 3 rings (SSSR count). The van der Waals surface area contributed by atoms with E-state index in [9.17, 15) is 14.0 Å². The van der Waals surface area contributed by atoms with Crippen molar-refractivity contribution in [3.8, 4) is 16.3 Å². The number of benzene rings is 2. The van der Waals surface area contributed by atoms with E-state index >= 15 is 0 Å². The van der Waals surface area contributed by atoms with Crippen LogP contribution in [0, 0.1) is 5.82 Å². The van der Waals surface area contributed by atoms with E-state index in [4.69, 9.17) is 4.74 Å². The van der Waals surface area contributed by atoms with Gasteiger partial charge in [0, 0.05) is 23.6 Å². The monoisotopic (exact) mass is 399 g/mol. The Morgan fingerprint density at radius 1 is 1.14 bits per heavy atom. The predicted octanol–water partition coefficient (Wildman–Crippen LogP) is 4.10. The van der Waals surface area contributed by atoms with E-state index in [1.54, 1.807) is 35.7 Å². The summed E-state index contributed by atoms with van der Waals surface area (Å²) < 4.78 is 18.3. The quantitative estimate of drug-likeness (QED) is 0.654. The highest BCUT2D eigenvalue weighted by molar-refractivity contribution is 7.13. The Morgan fingerprint density at radius 2 is 1.89 bits per heavy atom. The molecule has 1 aromatic heterocycles. The first-order valence-corrected chi connectivity index (χ1v) is 9.28. The van der Waals surface area contributed by atoms with Gasteiger partial charge in [-0.05, 0) is 42.5 Å². The smallest absolute Gasteiger partial charge is 0.230 e. The Balaban J connectivity index is 1.70. The molecule has 0 unspecified atom stereocenters. The van der Waals surface area contributed by atoms with Crippen molar-refractivity contribution in [3.63, 3.8) is 0 Å². The van der Waals surface area contributed by atoms with E-state index in [0.717, 1.165) is 5.56 Å². The second-order valence-corrected chi connectivity index (χ2v) is 6.83. The maximum atomic E-state index is 13.0. The zero-order chi connectivity index (χ0) is 20.1. The van der Waals surface area contributed by atoms with E-state index in [1.165, 1.54) is 37.5 Å². The number of halogens is 1. The van der Waals surface area contributed by atoms with Crippen molar-refractivity contribution in [1.29, 1.82) is 0 Å². The molecule has 2 amide bonds. The van der Waals surface area contributed by atoms with Gasteiger partial charge < -0.3 is 15.4 Å². The van der Waals surface area contributed by atoms with E-state index in [0.29, 0.717) is 27.8 Å². The topological polar surface area (TPSA) is 80.3 Å². The van der Waals surface area contributed by atoms with Gasteiger partial charge in [0.1, 0.15) is 16.6 Å². The number of hydrogen-bond donors (Lipinski definition) is 2. The van der Waals surface area contributed by atoms with Crippen molar-refractivity contribution in [2.24, 2.45) is 0 Å². The molecule has 0 aliphatic carbocycles. The molecule has 3 aromatic rings. The molecule has 0 bridgehead atoms. The molecule has 2 N–H and O–H groups in total. The van der Waals surface area contributed by atoms with Gasteiger partial charge in [-0.1, -0.05) is 0 Å². The van der Waals surface area contributed by atoms with Crippen LogP contribution in [0.4, 0.5) is 15.8 Å². The summed E-state index contributed by atoms with van der Waals surface area (Å²) in [5.74, 6) is -0.310. The average Bonchev–Trinajstić information content (AvgIpc) is 3.10. The Kier molecular flexibility index (Phi) is 6.00. The molecule has 8 heteroatoms. The summed E-state index contributed by atoms with van der Waals surface area (Å²) in [6.45, 7) is 1.41. The second-order valence-electron chi connectivity index (χ2n) is 5.97. The van der Waals surface area contributed by atoms with Crippen LogP contribution in [-0.2, 0) is 16.0 Å². The summed E-state index contributed by atoms with van der Waals surface area (Å²) in [7, 11) is 1.50. The largest absolute Gasteiger partial charge is 0.495 e. The summed E-state index contributed by atoms with van der Waals surface area (Å²) in [5.41, 5.74) is 2.41. The highest BCUT2D eigenvalue weighted by Gasteiger charge is 2.13. The molecular weight excluding hydrogens is 381 g/mol. The number of nitrogens with zero attached hydrogens (tertiary/aromatic N) is 1. The average molecular weight is 399 g/mol. The third-order valence-corrected chi connectivity index (χ3v) is 4.72. The number of anilines is 2. The fraction of sp³-hybridized carbons (Fsp3) is 0.150. The van der Waals surface area contributed by atoms with Crippen molar-refractivity contribution in [2.45, 2.75) is 13.3 Å². The number of aromatic nitrogens is 1. The molecule has 0 spiro atoms. The van der Waals surface area contributed by atoms with Crippen LogP contribution in [0.3, 0.4) is 0 Å². The predicted molar refractivity (Wildman–Crippen MR) is 107 cm³/mol. The van der Waals surface area contributed by atoms with Gasteiger partial charge in [0.25, 0.3) is 0 Å². The molecule has 2 aromatic carbocycles. The third-order valence-electron chi connectivity index (χ3n) is 3.78. The van der Waals surface area contributed by atoms with E-state index in [-0.39, 0.29) is 24.1 Å². The highest BCUT2D eigenvalue weighted by Crippen LogP contribution is 2.28. The van der Waals surface area contributed by atoms with Crippen LogP contribution in [0.1, 0.15) is 12.6 Å². The van der Waals surface area contributed by atoms with Gasteiger partial charge in [-0.15, -0.1) is 11.3 Å². The minimum Gasteiger partial charge on any atom is -0.495 e. The number of carbonyl (C=O) groups is 2. The number of ether oxygens (including phenoxy) is 1. The van der Waals surface area contributed by atoms with Gasteiger partial charge in [-0.25, -0.2) is 9.37 Å². The lowest BCUT2D eigenvalue weighted by atomic mass is 10.2. The third kappa shape index (κ3) is 4.92. The summed E-state index contributed by atoms with van der Waals surface area (Å²) >= 11 is 1.39. The molecule has 0 aliphatic rings. The van der Waals surface area contributed by atoms with Crippen LogP contribution in [-0.4, -0.2) is 23.9 Å². The fourth-order valence-corrected chi connectivity index (χ4v) is 3.38. The van der Waals surface area contributed by atoms with Crippen molar-refractivity contribution in [1.82, 2.24) is 4.98 Å². The van der Waals surface area contributed by atoms with Crippen molar-refractivity contribution < 1.29 is 18.7 Å². The molecule has 0 atom stereocenters. The molecule has 1 heterocycles. The normalized spacial score (nSPS) is 10.4. The first-order chi connectivity index (χ1) is 13.4. The number of hydrogen-bond acceptors (Lipinski definition) is 5. The number of nitrogens with one attached hydrogen (secondary N) is 2. The van der Waals surface area contributed by atoms with Crippen LogP contribution in [0.2, 0.25) is 0 Å². The number of amides is 2. The Hall–Kier alpha value is -3.26. The molecule has 0 aliphatic heterocycles. The maximum absolute atomic E-state index is 13.0. The van der Waals surface area contributed by atoms with Gasteiger partial charge in [0.05, 0.1) is 24.9 Å². The van der Waals surface area contributed by atoms with Gasteiger partial charge in [-0.3, -0.25) is 9.59 Å². The maximum Gasteiger partial charge on any atom is 0.230 e. The van der Waals surface area contributed by atoms with Crippen LogP contribution in [0.25, 0.3) is 10.6 Å². The summed E-state index contributed by atoms with van der Waals surface area (Å²) in [6, 6.07) is 11.0. The van der Waals surface area contributed by atoms with Crippen molar-refractivity contribution >= 4 is 34.5 Å². The molecule has 6 nitrogen and oxygen atoms in total. The zero-order valence-electron chi connectivity index (χ0n) is 15.3. The van der Waals surface area contributed by atoms with Crippen LogP contribution in [0.15, 0.2) is 47.8 Å². The van der Waals surface area contributed by atoms with Crippen LogP contribution in [0.5, 0.6) is 5.75 Å². The molecule has 0 saturated carbocycles. The SMILES string of the molecule is COc1ccc(NC(C)=O)cc1NC(=O)Cc1csc(-c2ccc(F)cc2)n1. The number of rotatable bonds is 6. The van der Waals surface area contributed by atoms with Gasteiger partial charge in [0.15, 0.2) is 0 Å². The second kappa shape index (κ2) is 8.62. The molecular formula is C20H18FN3O3S. The zero-order valence-corrected chi connectivity index (χ0v) is 16.1. The van der Waals surface area contributed by atoms with Gasteiger partial charge in [-0.2, -0.15) is 0 Å². The molecule has 144 valence electrons. The van der Waals surface area contributed by atoms with E-state index in [2.05, 4.69) is 15.6 Å². The Morgan fingerprint density at radius 3 is 2.57 bits per heavy atom. The van der Waals surface area contributed by atoms with Crippen molar-refractivity contribution in [2.75, 3.05) is 17.7 Å². The lowest BCUT2D eigenvalue weighted by Crippen LogP contribution is -2.15. The van der Waals surface area contributed by atoms with Gasteiger partial charge >= 0.3 is 0 Å². The van der Waals surface area contributed by atoms with E-state index in [1.807, 2.05) is 0 Å². The standard InChI is InChI=1S/C20H18FN3O3S/c1-12(25)22-15-7-8-18(27-2)17(9-15)24-19(26)10-16-11-28-20(23-16)13-3-5-14(21)6-4-13/h3-9,11H,10H2,1-2H3,(H,22,25)(H,24,26). The molecule has 0 saturated heterocycles. The van der Waals surface area contributed by atoms with Crippen molar-refractivity contribution in [3.05, 3.63) is 59.4 Å². The van der Waals surface area contributed by atoms with Gasteiger partial charge in [0.2, 0.25) is 11.8 Å². The molecule has 0 fully saturated rings.